The number of nitrogens with zero attached hydrogens (tertiary/aromatic N) is 3. The lowest BCUT2D eigenvalue weighted by Crippen LogP contribution is -2.32. The Hall–Kier alpha value is -1.93. The number of allylic oxidation sites excluding steroid dienone is 1. The summed E-state index contributed by atoms with van der Waals surface area (Å²) < 4.78 is 0. The van der Waals surface area contributed by atoms with Gasteiger partial charge in [0.25, 0.3) is 5.70 Å². The molecule has 1 rings (SSSR count). The largest absolute Gasteiger partial charge is 0.298 e. The number of hydrogen-bond donors (Lipinski definition) is 0. The average molecular weight is 205 g/mol. The van der Waals surface area contributed by atoms with Crippen molar-refractivity contribution < 1.29 is 4.92 Å². The summed E-state index contributed by atoms with van der Waals surface area (Å²) in [6.45, 7) is 3.73. The van der Waals surface area contributed by atoms with E-state index in [0.29, 0.717) is 11.1 Å². The van der Waals surface area contributed by atoms with Gasteiger partial charge >= 0.3 is 0 Å². The van der Waals surface area contributed by atoms with E-state index in [1.807, 2.05) is 6.07 Å². The molecule has 0 N–H and O–H groups in total. The minimum Gasteiger partial charge on any atom is -0.298 e. The Morgan fingerprint density at radius 2 is 2.20 bits per heavy atom. The summed E-state index contributed by atoms with van der Waals surface area (Å²) in [5.41, 5.74) is 0.819. The lowest BCUT2D eigenvalue weighted by atomic mass is 9.93. The summed E-state index contributed by atoms with van der Waals surface area (Å²) in [7, 11) is 3.60. The lowest BCUT2D eigenvalue weighted by Gasteiger charge is -2.25. The molecule has 0 heterocycles. The lowest BCUT2D eigenvalue weighted by molar-refractivity contribution is -0.419. The van der Waals surface area contributed by atoms with Gasteiger partial charge in [-0.3, -0.25) is 15.0 Å². The normalized spacial score (nSPS) is 20.7. The van der Waals surface area contributed by atoms with E-state index < -0.39 is 4.92 Å². The molecule has 0 bridgehead atoms. The molecule has 0 aromatic carbocycles. The molecule has 1 atom stereocenters. The molecule has 5 nitrogen and oxygen atoms in total. The highest BCUT2D eigenvalue weighted by molar-refractivity contribution is 5.48. The van der Waals surface area contributed by atoms with Crippen molar-refractivity contribution in [2.24, 2.45) is 0 Å². The molecule has 0 saturated carbocycles. The third-order valence-corrected chi connectivity index (χ3v) is 2.14. The fourth-order valence-electron chi connectivity index (χ4n) is 1.56. The molecular formula is C10H11N3O2. The van der Waals surface area contributed by atoms with Gasteiger partial charge in [-0.05, 0) is 19.7 Å². The standard InChI is InChI=1S/C10H11N3O2/c1-7-4-9(13(14)15)5-8(6-11)10(7)12(2)3/h4-5,10H,1H2,2-3H3. The molecule has 0 aliphatic heterocycles. The van der Waals surface area contributed by atoms with Crippen LogP contribution in [0.25, 0.3) is 0 Å². The Balaban J connectivity index is 3.16. The van der Waals surface area contributed by atoms with Crippen LogP contribution in [-0.4, -0.2) is 30.0 Å². The predicted octanol–water partition coefficient (Wildman–Crippen LogP) is 1.10. The molecule has 0 aromatic heterocycles. The van der Waals surface area contributed by atoms with Crippen LogP contribution in [0.15, 0.2) is 35.6 Å². The van der Waals surface area contributed by atoms with Crippen molar-refractivity contribution >= 4 is 0 Å². The Labute approximate surface area is 87.8 Å². The first-order chi connectivity index (χ1) is 6.97. The van der Waals surface area contributed by atoms with Gasteiger partial charge in [-0.2, -0.15) is 5.26 Å². The second kappa shape index (κ2) is 4.07. The van der Waals surface area contributed by atoms with E-state index in [2.05, 4.69) is 6.58 Å². The van der Waals surface area contributed by atoms with Gasteiger partial charge in [-0.1, -0.05) is 6.58 Å². The van der Waals surface area contributed by atoms with Crippen LogP contribution < -0.4 is 0 Å². The quantitative estimate of drug-likeness (QED) is 0.500. The molecule has 0 spiro atoms. The smallest absolute Gasteiger partial charge is 0.270 e. The summed E-state index contributed by atoms with van der Waals surface area (Å²) in [6.07, 6.45) is 2.69. The van der Waals surface area contributed by atoms with Crippen molar-refractivity contribution in [1.29, 1.82) is 5.26 Å². The Morgan fingerprint density at radius 3 is 2.60 bits per heavy atom. The van der Waals surface area contributed by atoms with E-state index in [0.717, 1.165) is 0 Å². The first-order valence-corrected chi connectivity index (χ1v) is 4.30. The highest BCUT2D eigenvalue weighted by Crippen LogP contribution is 2.24. The van der Waals surface area contributed by atoms with Crippen molar-refractivity contribution in [2.45, 2.75) is 6.04 Å². The van der Waals surface area contributed by atoms with Crippen molar-refractivity contribution in [3.05, 3.63) is 45.7 Å². The van der Waals surface area contributed by atoms with E-state index in [4.69, 9.17) is 5.26 Å². The third kappa shape index (κ3) is 2.11. The summed E-state index contributed by atoms with van der Waals surface area (Å²) in [4.78, 5) is 11.8. The first kappa shape index (κ1) is 11.1. The highest BCUT2D eigenvalue weighted by atomic mass is 16.6. The minimum absolute atomic E-state index is 0.0883. The zero-order valence-electron chi connectivity index (χ0n) is 8.60. The van der Waals surface area contributed by atoms with E-state index >= 15 is 0 Å². The number of hydrogen-bond acceptors (Lipinski definition) is 4. The summed E-state index contributed by atoms with van der Waals surface area (Å²) in [6, 6.07) is 1.70. The fourth-order valence-corrected chi connectivity index (χ4v) is 1.56. The second-order valence-electron chi connectivity index (χ2n) is 3.48. The van der Waals surface area contributed by atoms with Crippen molar-refractivity contribution in [2.75, 3.05) is 14.1 Å². The average Bonchev–Trinajstić information content (AvgIpc) is 2.15. The zero-order valence-corrected chi connectivity index (χ0v) is 8.60. The van der Waals surface area contributed by atoms with Crippen molar-refractivity contribution in [3.63, 3.8) is 0 Å². The summed E-state index contributed by atoms with van der Waals surface area (Å²) >= 11 is 0. The Morgan fingerprint density at radius 1 is 1.60 bits per heavy atom. The van der Waals surface area contributed by atoms with Gasteiger partial charge in [0.2, 0.25) is 0 Å². The van der Waals surface area contributed by atoms with Crippen LogP contribution in [0.4, 0.5) is 0 Å². The molecule has 0 saturated heterocycles. The molecule has 1 aliphatic rings. The fraction of sp³-hybridized carbons (Fsp3) is 0.300. The second-order valence-corrected chi connectivity index (χ2v) is 3.48. The van der Waals surface area contributed by atoms with Crippen LogP contribution in [0, 0.1) is 21.4 Å². The van der Waals surface area contributed by atoms with E-state index in [9.17, 15) is 10.1 Å². The van der Waals surface area contributed by atoms with E-state index in [-0.39, 0.29) is 11.7 Å². The molecule has 0 radical (unpaired) electrons. The molecule has 5 heteroatoms. The monoisotopic (exact) mass is 205 g/mol. The Kier molecular flexibility index (Phi) is 3.02. The van der Waals surface area contributed by atoms with Gasteiger partial charge in [0, 0.05) is 12.2 Å². The van der Waals surface area contributed by atoms with Crippen LogP contribution >= 0.6 is 0 Å². The first-order valence-electron chi connectivity index (χ1n) is 4.30. The number of nitro groups is 1. The molecule has 0 fully saturated rings. The molecular weight excluding hydrogens is 194 g/mol. The van der Waals surface area contributed by atoms with Crippen LogP contribution in [0.3, 0.4) is 0 Å². The summed E-state index contributed by atoms with van der Waals surface area (Å²) in [5.74, 6) is 0. The van der Waals surface area contributed by atoms with Crippen LogP contribution in [0.2, 0.25) is 0 Å². The van der Waals surface area contributed by atoms with E-state index in [1.165, 1.54) is 12.2 Å². The minimum atomic E-state index is -0.519. The number of rotatable bonds is 2. The topological polar surface area (TPSA) is 70.2 Å². The molecule has 78 valence electrons. The van der Waals surface area contributed by atoms with E-state index in [1.54, 1.807) is 19.0 Å². The van der Waals surface area contributed by atoms with Gasteiger partial charge in [0.05, 0.1) is 22.6 Å². The predicted molar refractivity (Wildman–Crippen MR) is 55.4 cm³/mol. The zero-order chi connectivity index (χ0) is 11.6. The van der Waals surface area contributed by atoms with Gasteiger partial charge < -0.3 is 0 Å². The Bertz CT molecular complexity index is 413. The van der Waals surface area contributed by atoms with Crippen LogP contribution in [0.1, 0.15) is 0 Å². The maximum atomic E-state index is 10.6. The number of likely N-dealkylation sites (N-methyl/N-ethyl adjacent to an activating group) is 1. The molecule has 15 heavy (non-hydrogen) atoms. The third-order valence-electron chi connectivity index (χ3n) is 2.14. The van der Waals surface area contributed by atoms with Crippen molar-refractivity contribution in [3.8, 4) is 6.07 Å². The highest BCUT2D eigenvalue weighted by Gasteiger charge is 2.27. The number of nitriles is 1. The molecule has 0 amide bonds. The molecule has 1 unspecified atom stereocenters. The maximum Gasteiger partial charge on any atom is 0.270 e. The van der Waals surface area contributed by atoms with Gasteiger partial charge in [0.15, 0.2) is 0 Å². The van der Waals surface area contributed by atoms with Gasteiger partial charge in [-0.25, -0.2) is 0 Å². The van der Waals surface area contributed by atoms with Crippen LogP contribution in [-0.2, 0) is 0 Å². The van der Waals surface area contributed by atoms with Crippen molar-refractivity contribution in [1.82, 2.24) is 4.90 Å². The molecule has 0 aromatic rings. The molecule has 1 aliphatic carbocycles. The summed E-state index contributed by atoms with van der Waals surface area (Å²) in [5, 5.41) is 19.5. The van der Waals surface area contributed by atoms with Gasteiger partial charge in [0.1, 0.15) is 0 Å². The van der Waals surface area contributed by atoms with Gasteiger partial charge in [-0.15, -0.1) is 0 Å². The maximum absolute atomic E-state index is 10.6. The van der Waals surface area contributed by atoms with Crippen LogP contribution in [0.5, 0.6) is 0 Å². The SMILES string of the molecule is C=C1C=C([N+](=O)[O-])C=C(C#N)C1N(C)C.